The lowest BCUT2D eigenvalue weighted by Gasteiger charge is -2.04. The molecule has 0 aliphatic rings. The number of aromatic amines is 1. The predicted molar refractivity (Wildman–Crippen MR) is 107 cm³/mol. The molecule has 1 heterocycles. The fourth-order valence-corrected chi connectivity index (χ4v) is 3.02. The fraction of sp³-hybridized carbons (Fsp3) is 0.0455. The van der Waals surface area contributed by atoms with Crippen LogP contribution in [0, 0.1) is 0 Å². The predicted octanol–water partition coefficient (Wildman–Crippen LogP) is 6.22. The minimum absolute atomic E-state index is 0.642. The number of imidazole rings is 1. The van der Waals surface area contributed by atoms with Crippen molar-refractivity contribution in [1.82, 2.24) is 9.97 Å². The van der Waals surface area contributed by atoms with Gasteiger partial charge in [-0.2, -0.15) is 0 Å². The Morgan fingerprint density at radius 2 is 1.50 bits per heavy atom. The van der Waals surface area contributed by atoms with Crippen molar-refractivity contribution in [2.45, 2.75) is 6.42 Å². The van der Waals surface area contributed by atoms with Crippen LogP contribution in [0.5, 0.6) is 11.6 Å². The van der Waals surface area contributed by atoms with Gasteiger partial charge < -0.3 is 9.72 Å². The lowest BCUT2D eigenvalue weighted by molar-refractivity contribution is 0.465. The van der Waals surface area contributed by atoms with Crippen molar-refractivity contribution in [2.24, 2.45) is 0 Å². The van der Waals surface area contributed by atoms with Crippen molar-refractivity contribution < 1.29 is 4.74 Å². The van der Waals surface area contributed by atoms with E-state index in [0.717, 1.165) is 22.5 Å². The number of rotatable bonds is 5. The second kappa shape index (κ2) is 7.58. The second-order valence-corrected chi connectivity index (χ2v) is 6.91. The number of halogens is 1. The van der Waals surface area contributed by atoms with Crippen LogP contribution in [0.3, 0.4) is 0 Å². The van der Waals surface area contributed by atoms with Crippen molar-refractivity contribution in [3.63, 3.8) is 0 Å². The SMILES string of the molecule is Brc1ccc(Oc2cnc(Cc3ccc(-c4ccccc4)cc3)[nH]2)cc1. The minimum Gasteiger partial charge on any atom is -0.439 e. The van der Waals surface area contributed by atoms with E-state index in [1.807, 2.05) is 30.3 Å². The van der Waals surface area contributed by atoms with Gasteiger partial charge in [0.25, 0.3) is 0 Å². The van der Waals surface area contributed by atoms with E-state index in [2.05, 4.69) is 74.4 Å². The highest BCUT2D eigenvalue weighted by molar-refractivity contribution is 9.10. The standard InChI is InChI=1S/C22H17BrN2O/c23-19-10-12-20(13-11-19)26-22-15-24-21(25-22)14-16-6-8-18(9-7-16)17-4-2-1-3-5-17/h1-13,15H,14H2,(H,24,25). The van der Waals surface area contributed by atoms with Gasteiger partial charge in [0.15, 0.2) is 0 Å². The van der Waals surface area contributed by atoms with E-state index in [0.29, 0.717) is 5.88 Å². The smallest absolute Gasteiger partial charge is 0.217 e. The van der Waals surface area contributed by atoms with Gasteiger partial charge in [-0.3, -0.25) is 0 Å². The molecule has 128 valence electrons. The molecular formula is C22H17BrN2O. The maximum absolute atomic E-state index is 5.79. The maximum Gasteiger partial charge on any atom is 0.217 e. The van der Waals surface area contributed by atoms with E-state index in [-0.39, 0.29) is 0 Å². The van der Waals surface area contributed by atoms with E-state index in [1.165, 1.54) is 16.7 Å². The first-order valence-corrected chi connectivity index (χ1v) is 9.17. The van der Waals surface area contributed by atoms with Crippen molar-refractivity contribution in [3.8, 4) is 22.8 Å². The largest absolute Gasteiger partial charge is 0.439 e. The summed E-state index contributed by atoms with van der Waals surface area (Å²) in [5, 5.41) is 0. The topological polar surface area (TPSA) is 37.9 Å². The summed E-state index contributed by atoms with van der Waals surface area (Å²) >= 11 is 3.42. The molecule has 0 unspecified atom stereocenters. The molecular weight excluding hydrogens is 388 g/mol. The average molecular weight is 405 g/mol. The van der Waals surface area contributed by atoms with Gasteiger partial charge in [-0.15, -0.1) is 0 Å². The summed E-state index contributed by atoms with van der Waals surface area (Å²) in [6.45, 7) is 0. The third-order valence-corrected chi connectivity index (χ3v) is 4.61. The highest BCUT2D eigenvalue weighted by Gasteiger charge is 2.05. The van der Waals surface area contributed by atoms with Gasteiger partial charge in [-0.25, -0.2) is 4.98 Å². The number of H-pyrrole nitrogens is 1. The molecule has 0 atom stereocenters. The van der Waals surface area contributed by atoms with Gasteiger partial charge in [-0.05, 0) is 41.0 Å². The molecule has 1 N–H and O–H groups in total. The molecule has 0 saturated carbocycles. The number of hydrogen-bond acceptors (Lipinski definition) is 2. The Kier molecular flexibility index (Phi) is 4.84. The molecule has 4 rings (SSSR count). The molecule has 0 fully saturated rings. The summed E-state index contributed by atoms with van der Waals surface area (Å²) in [5.41, 5.74) is 3.64. The zero-order chi connectivity index (χ0) is 17.8. The Morgan fingerprint density at radius 3 is 2.23 bits per heavy atom. The summed E-state index contributed by atoms with van der Waals surface area (Å²) in [4.78, 5) is 7.64. The third-order valence-electron chi connectivity index (χ3n) is 4.08. The molecule has 0 aliphatic heterocycles. The van der Waals surface area contributed by atoms with E-state index >= 15 is 0 Å². The van der Waals surface area contributed by atoms with Crippen molar-refractivity contribution in [3.05, 3.63) is 101 Å². The van der Waals surface area contributed by atoms with Gasteiger partial charge in [0, 0.05) is 10.9 Å². The maximum atomic E-state index is 5.79. The molecule has 0 bridgehead atoms. The van der Waals surface area contributed by atoms with Crippen LogP contribution in [0.25, 0.3) is 11.1 Å². The number of aromatic nitrogens is 2. The Morgan fingerprint density at radius 1 is 0.808 bits per heavy atom. The van der Waals surface area contributed by atoms with Crippen molar-refractivity contribution in [1.29, 1.82) is 0 Å². The van der Waals surface area contributed by atoms with E-state index < -0.39 is 0 Å². The lowest BCUT2D eigenvalue weighted by atomic mass is 10.0. The molecule has 3 aromatic carbocycles. The number of hydrogen-bond donors (Lipinski definition) is 1. The molecule has 4 aromatic rings. The summed E-state index contributed by atoms with van der Waals surface area (Å²) in [6, 6.07) is 26.7. The van der Waals surface area contributed by atoms with Crippen LogP contribution in [0.1, 0.15) is 11.4 Å². The summed E-state index contributed by atoms with van der Waals surface area (Å²) in [5.74, 6) is 2.29. The Balaban J connectivity index is 1.43. The number of nitrogens with one attached hydrogen (secondary N) is 1. The van der Waals surface area contributed by atoms with Crippen LogP contribution in [0.2, 0.25) is 0 Å². The van der Waals surface area contributed by atoms with Crippen LogP contribution < -0.4 is 4.74 Å². The summed E-state index contributed by atoms with van der Waals surface area (Å²) in [6.07, 6.45) is 2.45. The van der Waals surface area contributed by atoms with Crippen molar-refractivity contribution in [2.75, 3.05) is 0 Å². The highest BCUT2D eigenvalue weighted by Crippen LogP contribution is 2.23. The molecule has 1 aromatic heterocycles. The lowest BCUT2D eigenvalue weighted by Crippen LogP contribution is -1.91. The first-order chi connectivity index (χ1) is 12.8. The molecule has 0 amide bonds. The molecule has 0 aliphatic carbocycles. The Bertz CT molecular complexity index is 977. The number of benzene rings is 3. The van der Waals surface area contributed by atoms with Gasteiger partial charge in [0.1, 0.15) is 11.6 Å². The molecule has 26 heavy (non-hydrogen) atoms. The average Bonchev–Trinajstić information content (AvgIpc) is 3.12. The van der Waals surface area contributed by atoms with Crippen molar-refractivity contribution >= 4 is 15.9 Å². The number of nitrogens with zero attached hydrogens (tertiary/aromatic N) is 1. The normalized spacial score (nSPS) is 10.7. The highest BCUT2D eigenvalue weighted by atomic mass is 79.9. The molecule has 0 radical (unpaired) electrons. The van der Waals surface area contributed by atoms with Gasteiger partial charge in [-0.1, -0.05) is 70.5 Å². The van der Waals surface area contributed by atoms with Gasteiger partial charge in [0.2, 0.25) is 5.88 Å². The molecule has 0 spiro atoms. The molecule has 4 heteroatoms. The van der Waals surface area contributed by atoms with Crippen LogP contribution in [0.4, 0.5) is 0 Å². The third kappa shape index (κ3) is 4.03. The summed E-state index contributed by atoms with van der Waals surface area (Å²) < 4.78 is 6.81. The van der Waals surface area contributed by atoms with Crippen LogP contribution in [-0.4, -0.2) is 9.97 Å². The quantitative estimate of drug-likeness (QED) is 0.428. The van der Waals surface area contributed by atoms with Crippen LogP contribution >= 0.6 is 15.9 Å². The van der Waals surface area contributed by atoms with Crippen LogP contribution in [-0.2, 0) is 6.42 Å². The first-order valence-electron chi connectivity index (χ1n) is 8.38. The second-order valence-electron chi connectivity index (χ2n) is 5.99. The number of ether oxygens (including phenoxy) is 1. The van der Waals surface area contributed by atoms with Gasteiger partial charge in [0.05, 0.1) is 6.20 Å². The first kappa shape index (κ1) is 16.6. The summed E-state index contributed by atoms with van der Waals surface area (Å²) in [7, 11) is 0. The van der Waals surface area contributed by atoms with Crippen LogP contribution in [0.15, 0.2) is 89.5 Å². The van der Waals surface area contributed by atoms with E-state index in [4.69, 9.17) is 4.74 Å². The minimum atomic E-state index is 0.642. The zero-order valence-corrected chi connectivity index (χ0v) is 15.6. The zero-order valence-electron chi connectivity index (χ0n) is 14.0. The van der Waals surface area contributed by atoms with E-state index in [9.17, 15) is 0 Å². The van der Waals surface area contributed by atoms with Gasteiger partial charge >= 0.3 is 0 Å². The fourth-order valence-electron chi connectivity index (χ4n) is 2.75. The monoisotopic (exact) mass is 404 g/mol. The van der Waals surface area contributed by atoms with E-state index in [1.54, 1.807) is 6.20 Å². The molecule has 3 nitrogen and oxygen atoms in total. The Labute approximate surface area is 160 Å². The molecule has 0 saturated heterocycles. The Hall–Kier alpha value is -2.85.